The lowest BCUT2D eigenvalue weighted by Gasteiger charge is -2.44. The second-order valence-corrected chi connectivity index (χ2v) is 8.17. The summed E-state index contributed by atoms with van der Waals surface area (Å²) in [5.74, 6) is -2.50. The molecule has 0 spiro atoms. The van der Waals surface area contributed by atoms with Crippen LogP contribution in [-0.4, -0.2) is 60.3 Å². The van der Waals surface area contributed by atoms with Crippen LogP contribution in [0, 0.1) is 6.92 Å². The number of carbonyl (C=O) groups is 4. The number of hydrogen-bond donors (Lipinski definition) is 0. The lowest BCUT2D eigenvalue weighted by molar-refractivity contribution is -0.237. The highest BCUT2D eigenvalue weighted by Crippen LogP contribution is 2.37. The molecule has 10 heteroatoms. The van der Waals surface area contributed by atoms with Gasteiger partial charge in [0.25, 0.3) is 0 Å². The Morgan fingerprint density at radius 1 is 0.806 bits per heavy atom. The second-order valence-electron chi connectivity index (χ2n) is 7.00. The first kappa shape index (κ1) is 24.7. The maximum absolute atomic E-state index is 11.8. The van der Waals surface area contributed by atoms with Gasteiger partial charge in [0.2, 0.25) is 0 Å². The van der Waals surface area contributed by atoms with Gasteiger partial charge in [-0.2, -0.15) is 0 Å². The molecule has 31 heavy (non-hydrogen) atoms. The summed E-state index contributed by atoms with van der Waals surface area (Å²) >= 11 is 1.24. The molecule has 1 aliphatic heterocycles. The first-order chi connectivity index (χ1) is 14.6. The fourth-order valence-corrected chi connectivity index (χ4v) is 4.14. The summed E-state index contributed by atoms with van der Waals surface area (Å²) in [7, 11) is 0. The Morgan fingerprint density at radius 2 is 1.32 bits per heavy atom. The number of carbonyl (C=O) groups excluding carboxylic acids is 4. The minimum absolute atomic E-state index is 0.247. The molecule has 1 saturated heterocycles. The van der Waals surface area contributed by atoms with Crippen molar-refractivity contribution in [2.24, 2.45) is 0 Å². The summed E-state index contributed by atoms with van der Waals surface area (Å²) in [5, 5.41) is 0. The Hall–Kier alpha value is -2.59. The monoisotopic (exact) mass is 454 g/mol. The predicted molar refractivity (Wildman–Crippen MR) is 109 cm³/mol. The number of ether oxygens (including phenoxy) is 5. The molecule has 0 aromatic heterocycles. The third-order valence-corrected chi connectivity index (χ3v) is 5.38. The molecule has 5 unspecified atom stereocenters. The molecule has 2 rings (SSSR count). The molecule has 0 saturated carbocycles. The second kappa shape index (κ2) is 11.1. The van der Waals surface area contributed by atoms with Crippen molar-refractivity contribution in [2.45, 2.75) is 69.4 Å². The van der Waals surface area contributed by atoms with E-state index in [2.05, 4.69) is 0 Å². The first-order valence-electron chi connectivity index (χ1n) is 9.60. The molecule has 1 aromatic carbocycles. The smallest absolute Gasteiger partial charge is 0.303 e. The van der Waals surface area contributed by atoms with Gasteiger partial charge in [0, 0.05) is 32.6 Å². The van der Waals surface area contributed by atoms with E-state index in [1.54, 1.807) is 0 Å². The zero-order chi connectivity index (χ0) is 23.1. The van der Waals surface area contributed by atoms with Gasteiger partial charge in [-0.1, -0.05) is 29.5 Å². The van der Waals surface area contributed by atoms with Crippen molar-refractivity contribution in [1.82, 2.24) is 0 Å². The Morgan fingerprint density at radius 3 is 1.84 bits per heavy atom. The van der Waals surface area contributed by atoms with E-state index in [0.717, 1.165) is 10.5 Å². The van der Waals surface area contributed by atoms with E-state index < -0.39 is 53.7 Å². The van der Waals surface area contributed by atoms with Gasteiger partial charge in [0.1, 0.15) is 18.1 Å². The van der Waals surface area contributed by atoms with Gasteiger partial charge in [-0.05, 0) is 19.1 Å². The van der Waals surface area contributed by atoms with E-state index in [0.29, 0.717) is 0 Å². The number of benzene rings is 1. The molecule has 1 aliphatic rings. The van der Waals surface area contributed by atoms with Gasteiger partial charge in [-0.3, -0.25) is 19.2 Å². The average molecular weight is 454 g/mol. The van der Waals surface area contributed by atoms with Crippen LogP contribution in [0.2, 0.25) is 0 Å². The minimum Gasteiger partial charge on any atom is -0.463 e. The van der Waals surface area contributed by atoms with Crippen LogP contribution in [0.15, 0.2) is 29.2 Å². The fraction of sp³-hybridized carbons (Fsp3) is 0.524. The third-order valence-electron chi connectivity index (χ3n) is 4.22. The van der Waals surface area contributed by atoms with Crippen LogP contribution >= 0.6 is 11.8 Å². The SMILES string of the molecule is CC(=O)OCC1OC(Sc2ccc(C)cc2)C(OC(C)=O)C(OC(C)=O)C1OC(C)=O. The molecule has 0 N–H and O–H groups in total. The highest BCUT2D eigenvalue weighted by atomic mass is 32.2. The maximum atomic E-state index is 11.8. The van der Waals surface area contributed by atoms with E-state index in [9.17, 15) is 19.2 Å². The largest absolute Gasteiger partial charge is 0.463 e. The zero-order valence-electron chi connectivity index (χ0n) is 18.0. The molecular formula is C21H26O9S. The number of aryl methyl sites for hydroxylation is 1. The van der Waals surface area contributed by atoms with E-state index in [1.165, 1.54) is 39.5 Å². The number of hydrogen-bond acceptors (Lipinski definition) is 10. The van der Waals surface area contributed by atoms with Crippen molar-refractivity contribution in [1.29, 1.82) is 0 Å². The molecule has 170 valence electrons. The normalized spacial score (nSPS) is 25.3. The predicted octanol–water partition coefficient (Wildman–Crippen LogP) is 2.17. The van der Waals surface area contributed by atoms with Crippen molar-refractivity contribution in [2.75, 3.05) is 6.61 Å². The third kappa shape index (κ3) is 7.55. The first-order valence-corrected chi connectivity index (χ1v) is 10.5. The quantitative estimate of drug-likeness (QED) is 0.448. The van der Waals surface area contributed by atoms with E-state index in [4.69, 9.17) is 23.7 Å². The van der Waals surface area contributed by atoms with E-state index >= 15 is 0 Å². The maximum Gasteiger partial charge on any atom is 0.303 e. The topological polar surface area (TPSA) is 114 Å². The highest BCUT2D eigenvalue weighted by molar-refractivity contribution is 7.99. The summed E-state index contributed by atoms with van der Waals surface area (Å²) in [4.78, 5) is 47.5. The lowest BCUT2D eigenvalue weighted by Crippen LogP contribution is -2.61. The highest BCUT2D eigenvalue weighted by Gasteiger charge is 2.52. The summed E-state index contributed by atoms with van der Waals surface area (Å²) < 4.78 is 27.3. The van der Waals surface area contributed by atoms with Gasteiger partial charge >= 0.3 is 23.9 Å². The van der Waals surface area contributed by atoms with Gasteiger partial charge < -0.3 is 23.7 Å². The van der Waals surface area contributed by atoms with Crippen LogP contribution < -0.4 is 0 Å². The van der Waals surface area contributed by atoms with Crippen molar-refractivity contribution in [3.63, 3.8) is 0 Å². The molecule has 0 amide bonds. The summed E-state index contributed by atoms with van der Waals surface area (Å²) in [6.07, 6.45) is -4.35. The van der Waals surface area contributed by atoms with Crippen molar-refractivity contribution in [3.8, 4) is 0 Å². The average Bonchev–Trinajstić information content (AvgIpc) is 2.65. The van der Waals surface area contributed by atoms with Crippen LogP contribution in [0.3, 0.4) is 0 Å². The van der Waals surface area contributed by atoms with Crippen LogP contribution in [0.1, 0.15) is 33.3 Å². The number of esters is 4. The van der Waals surface area contributed by atoms with Crippen molar-refractivity contribution in [3.05, 3.63) is 29.8 Å². The molecule has 1 fully saturated rings. The van der Waals surface area contributed by atoms with E-state index in [-0.39, 0.29) is 6.61 Å². The fourth-order valence-electron chi connectivity index (χ4n) is 3.03. The van der Waals surface area contributed by atoms with Crippen molar-refractivity contribution >= 4 is 35.6 Å². The van der Waals surface area contributed by atoms with Crippen LogP contribution in [0.25, 0.3) is 0 Å². The Kier molecular flexibility index (Phi) is 8.88. The molecule has 1 heterocycles. The molecule has 1 aromatic rings. The molecular weight excluding hydrogens is 428 g/mol. The number of rotatable bonds is 7. The van der Waals surface area contributed by atoms with Gasteiger partial charge in [-0.25, -0.2) is 0 Å². The van der Waals surface area contributed by atoms with E-state index in [1.807, 2.05) is 31.2 Å². The van der Waals surface area contributed by atoms with Crippen LogP contribution in [-0.2, 0) is 42.9 Å². The van der Waals surface area contributed by atoms with Crippen molar-refractivity contribution < 1.29 is 42.9 Å². The summed E-state index contributed by atoms with van der Waals surface area (Å²) in [6.45, 7) is 6.51. The van der Waals surface area contributed by atoms with Crippen LogP contribution in [0.5, 0.6) is 0 Å². The minimum atomic E-state index is -1.16. The molecule has 0 radical (unpaired) electrons. The molecule has 0 aliphatic carbocycles. The molecule has 5 atom stereocenters. The lowest BCUT2D eigenvalue weighted by atomic mass is 9.99. The Balaban J connectivity index is 2.43. The van der Waals surface area contributed by atoms with Gasteiger partial charge in [0.05, 0.1) is 0 Å². The van der Waals surface area contributed by atoms with Crippen LogP contribution in [0.4, 0.5) is 0 Å². The Labute approximate surface area is 184 Å². The Bertz CT molecular complexity index is 808. The summed E-state index contributed by atoms with van der Waals surface area (Å²) in [6, 6.07) is 7.56. The standard InChI is InChI=1S/C21H26O9S/c1-11-6-8-16(9-7-11)31-21-20(29-15(5)25)19(28-14(4)24)18(27-13(3)23)17(30-21)10-26-12(2)22/h6-9,17-21H,10H2,1-5H3. The number of thioether (sulfide) groups is 1. The molecule has 9 nitrogen and oxygen atoms in total. The van der Waals surface area contributed by atoms with Gasteiger partial charge in [-0.15, -0.1) is 0 Å². The summed E-state index contributed by atoms with van der Waals surface area (Å²) in [5.41, 5.74) is 0.231. The zero-order valence-corrected chi connectivity index (χ0v) is 18.8. The molecule has 0 bridgehead atoms. The van der Waals surface area contributed by atoms with Gasteiger partial charge in [0.15, 0.2) is 18.3 Å².